The van der Waals surface area contributed by atoms with Crippen molar-refractivity contribution in [3.63, 3.8) is 0 Å². The van der Waals surface area contributed by atoms with E-state index < -0.39 is 11.6 Å². The summed E-state index contributed by atoms with van der Waals surface area (Å²) in [6, 6.07) is 2.42. The molecule has 0 fully saturated rings. The van der Waals surface area contributed by atoms with Crippen LogP contribution >= 0.6 is 0 Å². The number of fused-ring (bicyclic) bond motifs is 1. The van der Waals surface area contributed by atoms with Crippen LogP contribution in [-0.2, 0) is 6.42 Å². The lowest BCUT2D eigenvalue weighted by molar-refractivity contribution is 0.499. The van der Waals surface area contributed by atoms with Gasteiger partial charge in [0.2, 0.25) is 0 Å². The van der Waals surface area contributed by atoms with Crippen LogP contribution in [-0.4, -0.2) is 6.54 Å². The summed E-state index contributed by atoms with van der Waals surface area (Å²) in [5.41, 5.74) is 1.41. The Kier molecular flexibility index (Phi) is 2.04. The highest BCUT2D eigenvalue weighted by molar-refractivity contribution is 5.33. The summed E-state index contributed by atoms with van der Waals surface area (Å²) in [5, 5.41) is 3.16. The SMILES string of the molecule is CC1NCCc2c(F)cc(F)cc21. The molecule has 1 aliphatic rings. The highest BCUT2D eigenvalue weighted by atomic mass is 19.1. The van der Waals surface area contributed by atoms with Crippen LogP contribution in [0.4, 0.5) is 8.78 Å². The van der Waals surface area contributed by atoms with Crippen molar-refractivity contribution in [2.45, 2.75) is 19.4 Å². The van der Waals surface area contributed by atoms with Gasteiger partial charge in [-0.2, -0.15) is 0 Å². The summed E-state index contributed by atoms with van der Waals surface area (Å²) in [6.45, 7) is 2.67. The maximum atomic E-state index is 13.2. The molecule has 1 unspecified atom stereocenters. The monoisotopic (exact) mass is 183 g/mol. The molecule has 1 aromatic carbocycles. The second-order valence-corrected chi connectivity index (χ2v) is 3.38. The van der Waals surface area contributed by atoms with Crippen molar-refractivity contribution < 1.29 is 8.78 Å². The summed E-state index contributed by atoms with van der Waals surface area (Å²) in [5.74, 6) is -0.907. The minimum absolute atomic E-state index is 0.0500. The van der Waals surface area contributed by atoms with E-state index in [4.69, 9.17) is 0 Å². The molecule has 1 nitrogen and oxygen atoms in total. The first kappa shape index (κ1) is 8.63. The zero-order chi connectivity index (χ0) is 9.42. The van der Waals surface area contributed by atoms with Gasteiger partial charge >= 0.3 is 0 Å². The van der Waals surface area contributed by atoms with E-state index in [0.717, 1.165) is 18.2 Å². The van der Waals surface area contributed by atoms with E-state index in [0.29, 0.717) is 12.0 Å². The Labute approximate surface area is 75.8 Å². The number of hydrogen-bond acceptors (Lipinski definition) is 1. The molecule has 13 heavy (non-hydrogen) atoms. The second kappa shape index (κ2) is 3.07. The number of benzene rings is 1. The van der Waals surface area contributed by atoms with E-state index in [1.165, 1.54) is 6.07 Å². The average molecular weight is 183 g/mol. The molecule has 70 valence electrons. The molecule has 2 rings (SSSR count). The Morgan fingerprint density at radius 2 is 2.15 bits per heavy atom. The molecule has 1 atom stereocenters. The van der Waals surface area contributed by atoms with Gasteiger partial charge in [-0.15, -0.1) is 0 Å². The van der Waals surface area contributed by atoms with Crippen LogP contribution in [0.5, 0.6) is 0 Å². The summed E-state index contributed by atoms with van der Waals surface area (Å²) < 4.78 is 26.1. The van der Waals surface area contributed by atoms with Crippen molar-refractivity contribution in [3.8, 4) is 0 Å². The predicted molar refractivity (Wildman–Crippen MR) is 46.5 cm³/mol. The molecule has 1 heterocycles. The Morgan fingerprint density at radius 1 is 1.38 bits per heavy atom. The van der Waals surface area contributed by atoms with Gasteiger partial charge in [0.05, 0.1) is 0 Å². The van der Waals surface area contributed by atoms with E-state index in [2.05, 4.69) is 5.32 Å². The molecule has 0 aliphatic carbocycles. The van der Waals surface area contributed by atoms with Crippen LogP contribution in [0.3, 0.4) is 0 Å². The van der Waals surface area contributed by atoms with Crippen molar-refractivity contribution in [2.75, 3.05) is 6.54 Å². The maximum absolute atomic E-state index is 13.2. The Bertz CT molecular complexity index is 336. The first-order valence-electron chi connectivity index (χ1n) is 4.39. The lowest BCUT2D eigenvalue weighted by Crippen LogP contribution is -2.28. The van der Waals surface area contributed by atoms with Gasteiger partial charge in [0.1, 0.15) is 11.6 Å². The normalized spacial score (nSPS) is 21.3. The molecule has 0 spiro atoms. The zero-order valence-corrected chi connectivity index (χ0v) is 7.40. The van der Waals surface area contributed by atoms with Crippen molar-refractivity contribution >= 4 is 0 Å². The predicted octanol–water partition coefficient (Wildman–Crippen LogP) is 2.17. The van der Waals surface area contributed by atoms with Gasteiger partial charge in [-0.25, -0.2) is 8.78 Å². The fraction of sp³-hybridized carbons (Fsp3) is 0.400. The van der Waals surface area contributed by atoms with E-state index in [1.807, 2.05) is 6.92 Å². The Balaban J connectivity index is 2.56. The highest BCUT2D eigenvalue weighted by Crippen LogP contribution is 2.25. The molecule has 3 heteroatoms. The molecular weight excluding hydrogens is 172 g/mol. The van der Waals surface area contributed by atoms with Gasteiger partial charge in [0.25, 0.3) is 0 Å². The van der Waals surface area contributed by atoms with E-state index in [9.17, 15) is 8.78 Å². The van der Waals surface area contributed by atoms with Gasteiger partial charge < -0.3 is 5.32 Å². The van der Waals surface area contributed by atoms with Crippen molar-refractivity contribution in [3.05, 3.63) is 34.9 Å². The van der Waals surface area contributed by atoms with Crippen molar-refractivity contribution in [2.24, 2.45) is 0 Å². The smallest absolute Gasteiger partial charge is 0.129 e. The first-order chi connectivity index (χ1) is 6.18. The summed E-state index contributed by atoms with van der Waals surface area (Å²) in [7, 11) is 0. The molecule has 0 amide bonds. The quantitative estimate of drug-likeness (QED) is 0.650. The minimum atomic E-state index is -0.494. The van der Waals surface area contributed by atoms with Crippen LogP contribution in [0.15, 0.2) is 12.1 Å². The van der Waals surface area contributed by atoms with E-state index in [-0.39, 0.29) is 6.04 Å². The summed E-state index contributed by atoms with van der Waals surface area (Å²) in [4.78, 5) is 0. The third kappa shape index (κ3) is 1.44. The second-order valence-electron chi connectivity index (χ2n) is 3.38. The largest absolute Gasteiger partial charge is 0.310 e. The third-order valence-electron chi connectivity index (χ3n) is 2.49. The molecule has 1 N–H and O–H groups in total. The molecule has 1 aliphatic heterocycles. The number of rotatable bonds is 0. The summed E-state index contributed by atoms with van der Waals surface area (Å²) >= 11 is 0. The Morgan fingerprint density at radius 3 is 2.92 bits per heavy atom. The van der Waals surface area contributed by atoms with Crippen molar-refractivity contribution in [1.29, 1.82) is 0 Å². The highest BCUT2D eigenvalue weighted by Gasteiger charge is 2.19. The van der Waals surface area contributed by atoms with E-state index >= 15 is 0 Å². The summed E-state index contributed by atoms with van der Waals surface area (Å²) in [6.07, 6.45) is 0.645. The lowest BCUT2D eigenvalue weighted by atomic mass is 9.95. The van der Waals surface area contributed by atoms with Gasteiger partial charge in [0.15, 0.2) is 0 Å². The standard InChI is InChI=1S/C10H11F2N/c1-6-9-4-7(11)5-10(12)8(9)2-3-13-6/h4-6,13H,2-3H2,1H3. The van der Waals surface area contributed by atoms with Crippen LogP contribution in [0.25, 0.3) is 0 Å². The Hall–Kier alpha value is -0.960. The van der Waals surface area contributed by atoms with Crippen LogP contribution in [0.2, 0.25) is 0 Å². The van der Waals surface area contributed by atoms with Gasteiger partial charge in [-0.1, -0.05) is 0 Å². The topological polar surface area (TPSA) is 12.0 Å². The lowest BCUT2D eigenvalue weighted by Gasteiger charge is -2.24. The van der Waals surface area contributed by atoms with Crippen molar-refractivity contribution in [1.82, 2.24) is 5.32 Å². The minimum Gasteiger partial charge on any atom is -0.310 e. The molecule has 0 saturated carbocycles. The zero-order valence-electron chi connectivity index (χ0n) is 7.40. The van der Waals surface area contributed by atoms with Gasteiger partial charge in [-0.3, -0.25) is 0 Å². The molecular formula is C10H11F2N. The molecule has 0 saturated heterocycles. The molecule has 0 aromatic heterocycles. The average Bonchev–Trinajstić information content (AvgIpc) is 2.07. The van der Waals surface area contributed by atoms with Gasteiger partial charge in [0, 0.05) is 12.1 Å². The molecule has 0 bridgehead atoms. The molecule has 0 radical (unpaired) electrons. The van der Waals surface area contributed by atoms with Crippen LogP contribution in [0, 0.1) is 11.6 Å². The van der Waals surface area contributed by atoms with Crippen LogP contribution in [0.1, 0.15) is 24.1 Å². The van der Waals surface area contributed by atoms with E-state index in [1.54, 1.807) is 0 Å². The number of halogens is 2. The number of nitrogens with one attached hydrogen (secondary N) is 1. The van der Waals surface area contributed by atoms with Gasteiger partial charge in [-0.05, 0) is 37.1 Å². The fourth-order valence-corrected chi connectivity index (χ4v) is 1.80. The maximum Gasteiger partial charge on any atom is 0.129 e. The van der Waals surface area contributed by atoms with Crippen LogP contribution < -0.4 is 5.32 Å². The fourth-order valence-electron chi connectivity index (χ4n) is 1.80. The molecule has 1 aromatic rings. The number of hydrogen-bond donors (Lipinski definition) is 1. The third-order valence-corrected chi connectivity index (χ3v) is 2.49. The first-order valence-corrected chi connectivity index (χ1v) is 4.39.